The molecule has 0 saturated carbocycles. The van der Waals surface area contributed by atoms with E-state index in [2.05, 4.69) is 4.90 Å². The maximum absolute atomic E-state index is 11.0. The van der Waals surface area contributed by atoms with E-state index in [4.69, 9.17) is 9.97 Å². The molecule has 1 aliphatic heterocycles. The molecule has 0 bridgehead atoms. The first kappa shape index (κ1) is 20.3. The molecular formula is C20H29N5O3S. The molecule has 2 aliphatic rings. The summed E-state index contributed by atoms with van der Waals surface area (Å²) in [5, 5.41) is 20.3. The third-order valence-electron chi connectivity index (χ3n) is 5.82. The van der Waals surface area contributed by atoms with Gasteiger partial charge in [-0.05, 0) is 31.2 Å². The van der Waals surface area contributed by atoms with Crippen molar-refractivity contribution in [2.24, 2.45) is 0 Å². The molecule has 0 spiro atoms. The number of fused-ring (bicyclic) bond motifs is 3. The number of aromatic nitrogens is 2. The van der Waals surface area contributed by atoms with Crippen molar-refractivity contribution in [3.63, 3.8) is 0 Å². The molecule has 29 heavy (non-hydrogen) atoms. The molecule has 3 heterocycles. The summed E-state index contributed by atoms with van der Waals surface area (Å²) in [6.07, 6.45) is 6.65. The van der Waals surface area contributed by atoms with Crippen LogP contribution in [-0.2, 0) is 17.6 Å². The number of amides is 1. The van der Waals surface area contributed by atoms with Crippen LogP contribution in [0.1, 0.15) is 29.7 Å². The fraction of sp³-hybridized carbons (Fsp3) is 0.650. The van der Waals surface area contributed by atoms with Crippen molar-refractivity contribution in [2.45, 2.75) is 32.1 Å². The summed E-state index contributed by atoms with van der Waals surface area (Å²) in [6.45, 7) is 3.60. The molecule has 1 amide bonds. The Bertz CT molecular complexity index is 844. The van der Waals surface area contributed by atoms with Crippen molar-refractivity contribution in [3.05, 3.63) is 10.4 Å². The topological polar surface area (TPSA) is 93.0 Å². The maximum atomic E-state index is 11.0. The lowest BCUT2D eigenvalue weighted by atomic mass is 10.1. The van der Waals surface area contributed by atoms with Crippen LogP contribution in [0.5, 0.6) is 0 Å². The zero-order valence-corrected chi connectivity index (χ0v) is 17.5. The summed E-state index contributed by atoms with van der Waals surface area (Å²) >= 11 is 1.77. The number of aliphatic hydroxyl groups excluding tert-OH is 2. The first-order valence-electron chi connectivity index (χ1n) is 10.5. The van der Waals surface area contributed by atoms with Crippen LogP contribution in [0.25, 0.3) is 10.2 Å². The number of anilines is 2. The van der Waals surface area contributed by atoms with Crippen LogP contribution in [0.4, 0.5) is 11.8 Å². The van der Waals surface area contributed by atoms with Crippen molar-refractivity contribution in [2.75, 3.05) is 62.3 Å². The molecule has 9 heteroatoms. The number of aryl methyl sites for hydroxylation is 2. The second-order valence-electron chi connectivity index (χ2n) is 7.65. The van der Waals surface area contributed by atoms with Crippen LogP contribution in [-0.4, -0.2) is 84.0 Å². The number of hydrogen-bond donors (Lipinski definition) is 2. The number of carbonyl (C=O) groups excluding carboxylic acids is 1. The first-order valence-corrected chi connectivity index (χ1v) is 11.3. The van der Waals surface area contributed by atoms with E-state index in [0.717, 1.165) is 35.3 Å². The molecule has 8 nitrogen and oxygen atoms in total. The molecule has 0 unspecified atom stereocenters. The zero-order valence-electron chi connectivity index (χ0n) is 16.7. The highest BCUT2D eigenvalue weighted by Crippen LogP contribution is 2.40. The number of carbonyl (C=O) groups is 1. The van der Waals surface area contributed by atoms with E-state index in [9.17, 15) is 15.0 Å². The number of aliphatic hydroxyl groups is 2. The van der Waals surface area contributed by atoms with Gasteiger partial charge < -0.3 is 24.9 Å². The largest absolute Gasteiger partial charge is 0.395 e. The lowest BCUT2D eigenvalue weighted by Crippen LogP contribution is -2.46. The van der Waals surface area contributed by atoms with Gasteiger partial charge in [0.1, 0.15) is 10.6 Å². The highest BCUT2D eigenvalue weighted by atomic mass is 32.1. The minimum Gasteiger partial charge on any atom is -0.395 e. The van der Waals surface area contributed by atoms with Gasteiger partial charge in [0, 0.05) is 44.1 Å². The number of rotatable bonds is 7. The normalized spacial score (nSPS) is 17.3. The van der Waals surface area contributed by atoms with E-state index in [1.54, 1.807) is 16.2 Å². The average Bonchev–Trinajstić information content (AvgIpc) is 2.94. The van der Waals surface area contributed by atoms with Crippen molar-refractivity contribution in [1.29, 1.82) is 0 Å². The van der Waals surface area contributed by atoms with Crippen LogP contribution in [0.3, 0.4) is 0 Å². The molecule has 2 aromatic heterocycles. The summed E-state index contributed by atoms with van der Waals surface area (Å²) in [6, 6.07) is 0. The van der Waals surface area contributed by atoms with Gasteiger partial charge in [-0.25, -0.2) is 4.98 Å². The van der Waals surface area contributed by atoms with E-state index in [1.807, 2.05) is 4.90 Å². The van der Waals surface area contributed by atoms with E-state index >= 15 is 0 Å². The van der Waals surface area contributed by atoms with Gasteiger partial charge in [-0.2, -0.15) is 4.98 Å². The van der Waals surface area contributed by atoms with Gasteiger partial charge in [-0.15, -0.1) is 11.3 Å². The summed E-state index contributed by atoms with van der Waals surface area (Å²) < 4.78 is 0. The van der Waals surface area contributed by atoms with Gasteiger partial charge in [0.25, 0.3) is 0 Å². The Balaban J connectivity index is 1.79. The van der Waals surface area contributed by atoms with E-state index in [-0.39, 0.29) is 13.2 Å². The third kappa shape index (κ3) is 4.17. The number of hydrogen-bond acceptors (Lipinski definition) is 8. The number of piperazine rings is 1. The monoisotopic (exact) mass is 419 g/mol. The van der Waals surface area contributed by atoms with Gasteiger partial charge in [-0.3, -0.25) is 4.79 Å². The predicted octanol–water partition coefficient (Wildman–Crippen LogP) is 1.03. The molecule has 2 N–H and O–H groups in total. The summed E-state index contributed by atoms with van der Waals surface area (Å²) in [5.41, 5.74) is 1.36. The molecule has 1 fully saturated rings. The Kier molecular flexibility index (Phi) is 6.46. The molecule has 0 radical (unpaired) electrons. The smallest absolute Gasteiger partial charge is 0.228 e. The van der Waals surface area contributed by atoms with Crippen molar-refractivity contribution in [1.82, 2.24) is 14.9 Å². The van der Waals surface area contributed by atoms with Crippen molar-refractivity contribution in [3.8, 4) is 0 Å². The van der Waals surface area contributed by atoms with Crippen LogP contribution < -0.4 is 9.80 Å². The quantitative estimate of drug-likeness (QED) is 0.511. The highest BCUT2D eigenvalue weighted by molar-refractivity contribution is 7.19. The molecule has 1 saturated heterocycles. The van der Waals surface area contributed by atoms with Crippen molar-refractivity contribution >= 4 is 39.7 Å². The number of thiophene rings is 1. The molecule has 1 aliphatic carbocycles. The van der Waals surface area contributed by atoms with Crippen LogP contribution in [0, 0.1) is 0 Å². The first-order chi connectivity index (χ1) is 14.2. The highest BCUT2D eigenvalue weighted by Gasteiger charge is 2.26. The van der Waals surface area contributed by atoms with E-state index in [1.165, 1.54) is 29.7 Å². The Labute approximate surface area is 174 Å². The molecule has 0 aromatic carbocycles. The minimum atomic E-state index is 0.00513. The van der Waals surface area contributed by atoms with Gasteiger partial charge in [0.05, 0.1) is 18.6 Å². The summed E-state index contributed by atoms with van der Waals surface area (Å²) in [7, 11) is 0. The lowest BCUT2D eigenvalue weighted by Gasteiger charge is -2.33. The molecule has 4 rings (SSSR count). The Morgan fingerprint density at radius 2 is 1.72 bits per heavy atom. The van der Waals surface area contributed by atoms with E-state index < -0.39 is 0 Å². The Morgan fingerprint density at radius 1 is 1.00 bits per heavy atom. The number of nitrogens with zero attached hydrogens (tertiary/aromatic N) is 5. The molecule has 158 valence electrons. The maximum Gasteiger partial charge on any atom is 0.228 e. The Hall–Kier alpha value is -1.97. The molecular weight excluding hydrogens is 390 g/mol. The Morgan fingerprint density at radius 3 is 2.41 bits per heavy atom. The predicted molar refractivity (Wildman–Crippen MR) is 115 cm³/mol. The van der Waals surface area contributed by atoms with Gasteiger partial charge >= 0.3 is 0 Å². The molecule has 2 aromatic rings. The van der Waals surface area contributed by atoms with Crippen LogP contribution in [0.15, 0.2) is 0 Å². The molecule has 0 atom stereocenters. The minimum absolute atomic E-state index is 0.00513. The lowest BCUT2D eigenvalue weighted by molar-refractivity contribution is -0.118. The standard InChI is InChI=1S/C20H29N5O3S/c26-12-10-24(11-13-27)18-17-15-4-2-1-3-5-16(15)29-19(17)22-20(21-18)25-8-6-23(14-28)7-9-25/h14,26-27H,1-13H2. The van der Waals surface area contributed by atoms with Crippen molar-refractivity contribution < 1.29 is 15.0 Å². The van der Waals surface area contributed by atoms with Crippen LogP contribution >= 0.6 is 11.3 Å². The van der Waals surface area contributed by atoms with Gasteiger partial charge in [0.15, 0.2) is 0 Å². The SMILES string of the molecule is O=CN1CCN(c2nc(N(CCO)CCO)c3c4c(sc3n2)CCCCC4)CC1. The fourth-order valence-electron chi connectivity index (χ4n) is 4.27. The van der Waals surface area contributed by atoms with E-state index in [0.29, 0.717) is 45.2 Å². The van der Waals surface area contributed by atoms with Crippen LogP contribution in [0.2, 0.25) is 0 Å². The summed E-state index contributed by atoms with van der Waals surface area (Å²) in [5.74, 6) is 1.50. The summed E-state index contributed by atoms with van der Waals surface area (Å²) in [4.78, 5) is 29.2. The second-order valence-corrected chi connectivity index (χ2v) is 8.74. The third-order valence-corrected chi connectivity index (χ3v) is 7.01. The van der Waals surface area contributed by atoms with Gasteiger partial charge in [-0.1, -0.05) is 6.42 Å². The van der Waals surface area contributed by atoms with Gasteiger partial charge in [0.2, 0.25) is 12.4 Å². The zero-order chi connectivity index (χ0) is 20.2. The fourth-order valence-corrected chi connectivity index (χ4v) is 5.52. The second kappa shape index (κ2) is 9.23. The average molecular weight is 420 g/mol.